The summed E-state index contributed by atoms with van der Waals surface area (Å²) in [5.41, 5.74) is 9.68. The molecule has 6 aromatic carbocycles. The second-order valence-corrected chi connectivity index (χ2v) is 19.2. The molecule has 3 aliphatic rings. The van der Waals surface area contributed by atoms with Gasteiger partial charge in [-0.2, -0.15) is 4.57 Å². The summed E-state index contributed by atoms with van der Waals surface area (Å²) in [6, 6.07) is 23.9. The second-order valence-electron chi connectivity index (χ2n) is 19.2. The van der Waals surface area contributed by atoms with Crippen LogP contribution >= 0.6 is 0 Å². The van der Waals surface area contributed by atoms with Crippen LogP contribution in [0.4, 0.5) is 0 Å². The van der Waals surface area contributed by atoms with E-state index in [2.05, 4.69) is 31.4 Å². The molecular weight excluding hydrogens is 767 g/mol. The van der Waals surface area contributed by atoms with E-state index in [0.29, 0.717) is 44.9 Å². The Bertz CT molecular complexity index is 3800. The molecule has 4 heteroatoms. The normalized spacial score (nSPS) is 19.0. The highest BCUT2D eigenvalue weighted by molar-refractivity contribution is 5.98. The highest BCUT2D eigenvalue weighted by Gasteiger charge is 2.69. The highest BCUT2D eigenvalue weighted by atomic mass is 16.5. The van der Waals surface area contributed by atoms with E-state index in [1.807, 2.05) is 111 Å². The van der Waals surface area contributed by atoms with Crippen LogP contribution in [0.5, 0.6) is 5.75 Å². The van der Waals surface area contributed by atoms with Crippen LogP contribution in [0.2, 0.25) is 0 Å². The summed E-state index contributed by atoms with van der Waals surface area (Å²) in [7, 11) is 0. The molecule has 8 aromatic rings. The topological polar surface area (TPSA) is 21.9 Å². The lowest BCUT2D eigenvalue weighted by Gasteiger charge is -2.34. The predicted molar refractivity (Wildman–Crippen MR) is 259 cm³/mol. The Morgan fingerprint density at radius 3 is 1.97 bits per heavy atom. The molecule has 11 rings (SSSR count). The first-order valence-corrected chi connectivity index (χ1v) is 21.8. The molecule has 63 heavy (non-hydrogen) atoms. The van der Waals surface area contributed by atoms with Gasteiger partial charge in [-0.25, -0.2) is 0 Å². The van der Waals surface area contributed by atoms with Crippen molar-refractivity contribution >= 4 is 11.0 Å². The first-order chi connectivity index (χ1) is 34.7. The summed E-state index contributed by atoms with van der Waals surface area (Å²) in [6.45, 7) is 20.8. The Hall–Kier alpha value is -6.26. The number of ether oxygens (including phenoxy) is 1. The summed E-state index contributed by atoms with van der Waals surface area (Å²) in [6.07, 6.45) is -0.437. The number of hydrogen-bond donors (Lipinski definition) is 0. The summed E-state index contributed by atoms with van der Waals surface area (Å²) in [5.74, 6) is -5.45. The second kappa shape index (κ2) is 13.9. The number of imidazole rings is 1. The Labute approximate surface area is 390 Å². The number of para-hydroxylation sites is 1. The van der Waals surface area contributed by atoms with E-state index in [9.17, 15) is 9.60 Å². The summed E-state index contributed by atoms with van der Waals surface area (Å²) < 4.78 is 125. The van der Waals surface area contributed by atoms with Crippen molar-refractivity contribution in [2.75, 3.05) is 0 Å². The van der Waals surface area contributed by atoms with Crippen LogP contribution in [0.25, 0.3) is 72.7 Å². The van der Waals surface area contributed by atoms with E-state index >= 15 is 0 Å². The maximum absolute atomic E-state index is 10.3. The third-order valence-electron chi connectivity index (χ3n) is 13.1. The molecule has 0 fully saturated rings. The van der Waals surface area contributed by atoms with Gasteiger partial charge >= 0.3 is 11.7 Å². The SMILES string of the molecule is [2H]c1c([2H])c([2H])c(-c2c([2H])c([2H])[n+]3c(c2[2H])-c2cc(C(C)(C)C)cc4c2C32Oc3c(cc(C([2H])(C)C)cc3C([2H])(C)C)-c3n(-c5ccc(-c6c(C([2H])(C)C)cccc6C([2H])(C)C)cc5)c5cccc-4c5[n+]32)c([2H])c1[2H]. The maximum Gasteiger partial charge on any atom is 0.499 e. The average molecular weight is 838 g/mol. The monoisotopic (exact) mass is 838 g/mol. The van der Waals surface area contributed by atoms with Crippen molar-refractivity contribution in [1.82, 2.24) is 4.57 Å². The standard InChI is InChI=1S/C59H59N3O/c1-34(2)41-29-47(37(7)8)56-50(30-41)57-61(43-25-23-39(24-26-43)53-44(35(3)4)19-15-20-45(53)36(5)6)51-22-16-21-46-48-32-42(58(9,10)11)33-49-52-31-40(38-17-13-12-14-18-38)27-28-60(52)59(63-56,54(48)49)62(57)55(46)51/h12-37H,1-11H3/q+2/i12D,13D,14D,17D,18D,27D,28D,31D,34D,35D,36D,37D. The van der Waals surface area contributed by atoms with E-state index in [4.69, 9.17) is 11.6 Å². The molecule has 1 atom stereocenters. The maximum atomic E-state index is 10.3. The molecule has 1 unspecified atom stereocenters. The molecule has 4 nitrogen and oxygen atoms in total. The van der Waals surface area contributed by atoms with Crippen LogP contribution in [0.1, 0.15) is 150 Å². The molecule has 0 bridgehead atoms. The quantitative estimate of drug-likeness (QED) is 0.147. The van der Waals surface area contributed by atoms with E-state index in [-0.39, 0.29) is 22.9 Å². The number of pyridine rings is 1. The van der Waals surface area contributed by atoms with Crippen molar-refractivity contribution in [3.8, 4) is 67.5 Å². The first kappa shape index (κ1) is 28.4. The van der Waals surface area contributed by atoms with Gasteiger partial charge in [-0.1, -0.05) is 149 Å². The minimum atomic E-state index is -1.90. The first-order valence-electron chi connectivity index (χ1n) is 27.8. The van der Waals surface area contributed by atoms with Gasteiger partial charge in [0.25, 0.3) is 0 Å². The minimum Gasteiger partial charge on any atom is -0.392 e. The van der Waals surface area contributed by atoms with E-state index in [0.717, 1.165) is 50.1 Å². The van der Waals surface area contributed by atoms with Crippen LogP contribution in [-0.2, 0) is 11.3 Å². The van der Waals surface area contributed by atoms with Gasteiger partial charge in [0.15, 0.2) is 23.0 Å². The van der Waals surface area contributed by atoms with Crippen molar-refractivity contribution < 1.29 is 30.3 Å². The fourth-order valence-corrected chi connectivity index (χ4v) is 10.0. The van der Waals surface area contributed by atoms with Gasteiger partial charge in [0, 0.05) is 28.7 Å². The van der Waals surface area contributed by atoms with Crippen LogP contribution in [0.15, 0.2) is 133 Å². The van der Waals surface area contributed by atoms with Crippen LogP contribution in [0.3, 0.4) is 0 Å². The molecular formula is C59H59N3O+2. The number of hydrogen-bond acceptors (Lipinski definition) is 1. The highest BCUT2D eigenvalue weighted by Crippen LogP contribution is 2.56. The number of fused-ring (bicyclic) bond motifs is 5. The molecule has 0 radical (unpaired) electrons. The lowest BCUT2D eigenvalue weighted by molar-refractivity contribution is -0.997. The molecule has 0 N–H and O–H groups in total. The molecule has 5 heterocycles. The van der Waals surface area contributed by atoms with Crippen molar-refractivity contribution in [3.63, 3.8) is 0 Å². The van der Waals surface area contributed by atoms with Crippen LogP contribution in [-0.4, -0.2) is 4.57 Å². The van der Waals surface area contributed by atoms with Crippen molar-refractivity contribution in [1.29, 1.82) is 0 Å². The van der Waals surface area contributed by atoms with Gasteiger partial charge in [0.05, 0.1) is 15.2 Å². The third kappa shape index (κ3) is 5.59. The zero-order chi connectivity index (χ0) is 54.5. The van der Waals surface area contributed by atoms with Crippen LogP contribution in [0, 0.1) is 0 Å². The number of nitrogens with zero attached hydrogens (tertiary/aromatic N) is 3. The average Bonchev–Trinajstić information content (AvgIpc) is 4.06. The van der Waals surface area contributed by atoms with Crippen LogP contribution < -0.4 is 13.9 Å². The molecule has 0 amide bonds. The predicted octanol–water partition coefficient (Wildman–Crippen LogP) is 14.6. The fraction of sp³-hybridized carbons (Fsp3) is 0.288. The molecule has 2 aromatic heterocycles. The molecule has 0 saturated heterocycles. The zero-order valence-electron chi connectivity index (χ0n) is 49.8. The van der Waals surface area contributed by atoms with Gasteiger partial charge in [-0.3, -0.25) is 0 Å². The van der Waals surface area contributed by atoms with Crippen molar-refractivity contribution in [2.24, 2.45) is 0 Å². The largest absolute Gasteiger partial charge is 0.499 e. The summed E-state index contributed by atoms with van der Waals surface area (Å²) in [4.78, 5) is 0. The Kier molecular flexibility index (Phi) is 6.26. The van der Waals surface area contributed by atoms with Gasteiger partial charge in [-0.15, -0.1) is 9.13 Å². The lowest BCUT2D eigenvalue weighted by Crippen LogP contribution is -2.78. The molecule has 1 spiro atoms. The van der Waals surface area contributed by atoms with E-state index in [1.54, 1.807) is 32.3 Å². The van der Waals surface area contributed by atoms with E-state index < -0.39 is 77.3 Å². The molecule has 3 aliphatic heterocycles. The Morgan fingerprint density at radius 1 is 0.651 bits per heavy atom. The van der Waals surface area contributed by atoms with E-state index in [1.165, 1.54) is 0 Å². The number of rotatable bonds is 7. The Morgan fingerprint density at radius 2 is 1.32 bits per heavy atom. The Balaban J connectivity index is 1.34. The van der Waals surface area contributed by atoms with Gasteiger partial charge in [-0.05, 0) is 122 Å². The summed E-state index contributed by atoms with van der Waals surface area (Å²) >= 11 is 0. The van der Waals surface area contributed by atoms with Crippen molar-refractivity contribution in [3.05, 3.63) is 167 Å². The lowest BCUT2D eigenvalue weighted by atomic mass is 9.80. The number of aromatic nitrogens is 3. The summed E-state index contributed by atoms with van der Waals surface area (Å²) in [5, 5.41) is 0. The van der Waals surface area contributed by atoms with Gasteiger partial charge in [0.2, 0.25) is 5.69 Å². The zero-order valence-corrected chi connectivity index (χ0v) is 37.8. The molecule has 314 valence electrons. The van der Waals surface area contributed by atoms with Gasteiger partial charge in [0.1, 0.15) is 18.2 Å². The number of benzene rings is 6. The molecule has 0 aliphatic carbocycles. The molecule has 0 saturated carbocycles. The fourth-order valence-electron chi connectivity index (χ4n) is 10.0. The van der Waals surface area contributed by atoms with Crippen molar-refractivity contribution in [2.45, 2.75) is 111 Å². The third-order valence-corrected chi connectivity index (χ3v) is 13.1. The van der Waals surface area contributed by atoms with Gasteiger partial charge < -0.3 is 4.74 Å². The smallest absolute Gasteiger partial charge is 0.392 e. The minimum absolute atomic E-state index is 0.153.